The minimum absolute atomic E-state index is 0.290. The molecule has 1 aliphatic heterocycles. The summed E-state index contributed by atoms with van der Waals surface area (Å²) in [5, 5.41) is 8.87. The molecule has 0 saturated carbocycles. The van der Waals surface area contributed by atoms with Gasteiger partial charge in [0.2, 0.25) is 0 Å². The van der Waals surface area contributed by atoms with Crippen molar-refractivity contribution in [3.05, 3.63) is 0 Å². The average Bonchev–Trinajstić information content (AvgIpc) is 2.19. The van der Waals surface area contributed by atoms with Crippen LogP contribution in [0.25, 0.3) is 0 Å². The Bertz CT molecular complexity index is 216. The van der Waals surface area contributed by atoms with E-state index >= 15 is 0 Å². The Hall–Kier alpha value is -0.570. The van der Waals surface area contributed by atoms with Gasteiger partial charge in [0.15, 0.2) is 0 Å². The van der Waals surface area contributed by atoms with Crippen molar-refractivity contribution in [2.45, 2.75) is 58.4 Å². The molecule has 1 aliphatic rings. The molecule has 1 saturated heterocycles. The van der Waals surface area contributed by atoms with Gasteiger partial charge in [0, 0.05) is 6.04 Å². The van der Waals surface area contributed by atoms with Gasteiger partial charge in [-0.05, 0) is 44.7 Å². The lowest BCUT2D eigenvalue weighted by Crippen LogP contribution is -2.41. The highest BCUT2D eigenvalue weighted by Gasteiger charge is 2.23. The third-order valence-electron chi connectivity index (χ3n) is 3.39. The lowest BCUT2D eigenvalue weighted by atomic mass is 9.98. The molecule has 0 aromatic carbocycles. The maximum absolute atomic E-state index is 10.8. The van der Waals surface area contributed by atoms with Gasteiger partial charge >= 0.3 is 5.97 Å². The van der Waals surface area contributed by atoms with Crippen molar-refractivity contribution in [3.8, 4) is 0 Å². The van der Waals surface area contributed by atoms with Gasteiger partial charge in [0.05, 0.1) is 6.42 Å². The minimum atomic E-state index is -0.652. The van der Waals surface area contributed by atoms with Crippen LogP contribution < -0.4 is 0 Å². The van der Waals surface area contributed by atoms with E-state index in [1.165, 1.54) is 25.7 Å². The molecule has 1 atom stereocenters. The summed E-state index contributed by atoms with van der Waals surface area (Å²) >= 11 is 0. The van der Waals surface area contributed by atoms with Crippen molar-refractivity contribution in [2.24, 2.45) is 5.92 Å². The van der Waals surface area contributed by atoms with Crippen LogP contribution in [0.15, 0.2) is 0 Å². The Labute approximate surface area is 98.8 Å². The van der Waals surface area contributed by atoms with Crippen molar-refractivity contribution in [2.75, 3.05) is 13.1 Å². The lowest BCUT2D eigenvalue weighted by molar-refractivity contribution is -0.138. The van der Waals surface area contributed by atoms with Crippen molar-refractivity contribution in [1.82, 2.24) is 4.90 Å². The fraction of sp³-hybridized carbons (Fsp3) is 0.923. The van der Waals surface area contributed by atoms with Gasteiger partial charge in [-0.3, -0.25) is 9.69 Å². The Morgan fingerprint density at radius 3 is 2.81 bits per heavy atom. The van der Waals surface area contributed by atoms with Crippen molar-refractivity contribution in [3.63, 3.8) is 0 Å². The Morgan fingerprint density at radius 1 is 1.44 bits per heavy atom. The first-order valence-corrected chi connectivity index (χ1v) is 6.55. The topological polar surface area (TPSA) is 40.5 Å². The average molecular weight is 227 g/mol. The predicted octanol–water partition coefficient (Wildman–Crippen LogP) is 2.75. The van der Waals surface area contributed by atoms with Gasteiger partial charge in [-0.15, -0.1) is 0 Å². The van der Waals surface area contributed by atoms with Crippen LogP contribution >= 0.6 is 0 Å². The number of carboxylic acids is 1. The summed E-state index contributed by atoms with van der Waals surface area (Å²) in [5.74, 6) is 0.100. The number of piperidine rings is 1. The summed E-state index contributed by atoms with van der Waals surface area (Å²) in [6.45, 7) is 6.65. The van der Waals surface area contributed by atoms with Crippen LogP contribution in [0.5, 0.6) is 0 Å². The molecule has 0 radical (unpaired) electrons. The summed E-state index contributed by atoms with van der Waals surface area (Å²) in [4.78, 5) is 13.2. The smallest absolute Gasteiger partial charge is 0.304 e. The summed E-state index contributed by atoms with van der Waals surface area (Å²) in [6.07, 6.45) is 6.26. The molecule has 3 heteroatoms. The summed E-state index contributed by atoms with van der Waals surface area (Å²) in [6, 6.07) is 0.290. The predicted molar refractivity (Wildman–Crippen MR) is 65.5 cm³/mol. The molecule has 1 fully saturated rings. The Morgan fingerprint density at radius 2 is 2.19 bits per heavy atom. The van der Waals surface area contributed by atoms with Gasteiger partial charge in [0.1, 0.15) is 0 Å². The third-order valence-corrected chi connectivity index (χ3v) is 3.39. The lowest BCUT2D eigenvalue weighted by Gasteiger charge is -2.35. The first kappa shape index (κ1) is 13.5. The maximum atomic E-state index is 10.8. The van der Waals surface area contributed by atoms with Crippen molar-refractivity contribution >= 4 is 5.97 Å². The van der Waals surface area contributed by atoms with Gasteiger partial charge in [0.25, 0.3) is 0 Å². The van der Waals surface area contributed by atoms with Crippen LogP contribution in [0.2, 0.25) is 0 Å². The normalized spacial score (nSPS) is 22.6. The second-order valence-electron chi connectivity index (χ2n) is 5.32. The second kappa shape index (κ2) is 6.89. The molecule has 0 amide bonds. The zero-order chi connectivity index (χ0) is 12.0. The van der Waals surface area contributed by atoms with Crippen molar-refractivity contribution in [1.29, 1.82) is 0 Å². The number of likely N-dealkylation sites (tertiary alicyclic amines) is 1. The quantitative estimate of drug-likeness (QED) is 0.758. The van der Waals surface area contributed by atoms with Crippen LogP contribution in [0.3, 0.4) is 0 Å². The number of hydrogen-bond donors (Lipinski definition) is 1. The van der Waals surface area contributed by atoms with E-state index in [-0.39, 0.29) is 0 Å². The van der Waals surface area contributed by atoms with E-state index in [2.05, 4.69) is 18.7 Å². The van der Waals surface area contributed by atoms with E-state index in [0.717, 1.165) is 25.4 Å². The SMILES string of the molecule is CC(C)CCCN1CCCCC1CC(=O)O. The number of aliphatic carboxylic acids is 1. The first-order valence-electron chi connectivity index (χ1n) is 6.55. The highest BCUT2D eigenvalue weighted by Crippen LogP contribution is 2.20. The molecule has 0 aromatic heterocycles. The summed E-state index contributed by atoms with van der Waals surface area (Å²) in [7, 11) is 0. The monoisotopic (exact) mass is 227 g/mol. The molecule has 0 aliphatic carbocycles. The number of carboxylic acid groups (broad SMARTS) is 1. The Kier molecular flexibility index (Phi) is 5.81. The van der Waals surface area contributed by atoms with E-state index in [4.69, 9.17) is 5.11 Å². The standard InChI is InChI=1S/C13H25NO2/c1-11(2)6-5-9-14-8-4-3-7-12(14)10-13(15)16/h11-12H,3-10H2,1-2H3,(H,15,16). The minimum Gasteiger partial charge on any atom is -0.481 e. The maximum Gasteiger partial charge on any atom is 0.304 e. The largest absolute Gasteiger partial charge is 0.481 e. The highest BCUT2D eigenvalue weighted by molar-refractivity contribution is 5.67. The molecule has 1 heterocycles. The highest BCUT2D eigenvalue weighted by atomic mass is 16.4. The van der Waals surface area contributed by atoms with Gasteiger partial charge in [-0.2, -0.15) is 0 Å². The molecule has 1 N–H and O–H groups in total. The molecule has 1 unspecified atom stereocenters. The first-order chi connectivity index (χ1) is 7.59. The van der Waals surface area contributed by atoms with E-state index in [1.807, 2.05) is 0 Å². The Balaban J connectivity index is 2.31. The fourth-order valence-corrected chi connectivity index (χ4v) is 2.49. The number of nitrogens with zero attached hydrogens (tertiary/aromatic N) is 1. The second-order valence-corrected chi connectivity index (χ2v) is 5.32. The van der Waals surface area contributed by atoms with E-state index in [9.17, 15) is 4.79 Å². The molecule has 16 heavy (non-hydrogen) atoms. The fourth-order valence-electron chi connectivity index (χ4n) is 2.49. The van der Waals surface area contributed by atoms with Gasteiger partial charge < -0.3 is 5.11 Å². The summed E-state index contributed by atoms with van der Waals surface area (Å²) in [5.41, 5.74) is 0. The third kappa shape index (κ3) is 4.97. The molecule has 0 spiro atoms. The molecule has 3 nitrogen and oxygen atoms in total. The van der Waals surface area contributed by atoms with Crippen LogP contribution in [0.4, 0.5) is 0 Å². The van der Waals surface area contributed by atoms with E-state index in [0.29, 0.717) is 12.5 Å². The van der Waals surface area contributed by atoms with Crippen molar-refractivity contribution < 1.29 is 9.90 Å². The molecular formula is C13H25NO2. The van der Waals surface area contributed by atoms with E-state index in [1.54, 1.807) is 0 Å². The van der Waals surface area contributed by atoms with Crippen LogP contribution in [0.1, 0.15) is 52.4 Å². The number of rotatable bonds is 6. The number of carbonyl (C=O) groups is 1. The number of hydrogen-bond acceptors (Lipinski definition) is 2. The molecule has 0 bridgehead atoms. The molecule has 1 rings (SSSR count). The zero-order valence-electron chi connectivity index (χ0n) is 10.6. The molecule has 0 aromatic rings. The van der Waals surface area contributed by atoms with Gasteiger partial charge in [-0.1, -0.05) is 20.3 Å². The van der Waals surface area contributed by atoms with Crippen LogP contribution in [-0.4, -0.2) is 35.1 Å². The van der Waals surface area contributed by atoms with Gasteiger partial charge in [-0.25, -0.2) is 0 Å². The molecular weight excluding hydrogens is 202 g/mol. The van der Waals surface area contributed by atoms with Crippen LogP contribution in [0, 0.1) is 5.92 Å². The molecule has 94 valence electrons. The zero-order valence-corrected chi connectivity index (χ0v) is 10.6. The van der Waals surface area contributed by atoms with E-state index < -0.39 is 5.97 Å². The summed E-state index contributed by atoms with van der Waals surface area (Å²) < 4.78 is 0. The van der Waals surface area contributed by atoms with Crippen LogP contribution in [-0.2, 0) is 4.79 Å².